The highest BCUT2D eigenvalue weighted by atomic mass is 19.1. The van der Waals surface area contributed by atoms with E-state index >= 15 is 4.39 Å². The number of nitrogens with one attached hydrogen (secondary N) is 1. The first-order valence-electron chi connectivity index (χ1n) is 10.3. The number of piperidine rings is 1. The summed E-state index contributed by atoms with van der Waals surface area (Å²) >= 11 is 0. The molecule has 2 aromatic rings. The Hall–Kier alpha value is -3.00. The fraction of sp³-hybridized carbons (Fsp3) is 0.391. The van der Waals surface area contributed by atoms with E-state index in [1.165, 1.54) is 23.1 Å². The van der Waals surface area contributed by atoms with Crippen molar-refractivity contribution in [1.82, 2.24) is 10.2 Å². The summed E-state index contributed by atoms with van der Waals surface area (Å²) in [6.45, 7) is 4.49. The lowest BCUT2D eigenvalue weighted by Gasteiger charge is -2.43. The number of hydrogen-bond acceptors (Lipinski definition) is 4. The molecule has 3 amide bonds. The van der Waals surface area contributed by atoms with Crippen LogP contribution < -0.4 is 15.0 Å². The number of carbonyl (C=O) groups excluding carboxylic acids is 2. The molecular formula is C23H25F2N3O3. The maximum Gasteiger partial charge on any atom is 0.329 e. The van der Waals surface area contributed by atoms with E-state index in [1.807, 2.05) is 38.1 Å². The van der Waals surface area contributed by atoms with Crippen LogP contribution in [-0.2, 0) is 11.3 Å². The summed E-state index contributed by atoms with van der Waals surface area (Å²) in [4.78, 5) is 28.1. The first-order valence-corrected chi connectivity index (χ1v) is 10.3. The van der Waals surface area contributed by atoms with Gasteiger partial charge in [0.25, 0.3) is 5.91 Å². The molecule has 1 spiro atoms. The largest absolute Gasteiger partial charge is 0.491 e. The number of alkyl halides is 1. The van der Waals surface area contributed by atoms with Crippen molar-refractivity contribution in [3.05, 3.63) is 59.9 Å². The van der Waals surface area contributed by atoms with E-state index in [1.54, 1.807) is 11.0 Å². The Labute approximate surface area is 179 Å². The summed E-state index contributed by atoms with van der Waals surface area (Å²) in [5, 5.41) is 2.28. The van der Waals surface area contributed by atoms with Crippen LogP contribution in [-0.4, -0.2) is 41.3 Å². The fourth-order valence-corrected chi connectivity index (χ4v) is 4.33. The molecule has 0 saturated carbocycles. The predicted octanol–water partition coefficient (Wildman–Crippen LogP) is 4.00. The van der Waals surface area contributed by atoms with Gasteiger partial charge < -0.3 is 4.74 Å². The molecule has 2 aromatic carbocycles. The number of halogens is 2. The average Bonchev–Trinajstić information content (AvgIpc) is 2.93. The molecule has 6 nitrogen and oxygen atoms in total. The van der Waals surface area contributed by atoms with E-state index in [2.05, 4.69) is 5.32 Å². The molecule has 0 radical (unpaired) electrons. The van der Waals surface area contributed by atoms with Gasteiger partial charge in [-0.3, -0.25) is 19.9 Å². The molecule has 8 heteroatoms. The lowest BCUT2D eigenvalue weighted by Crippen LogP contribution is -2.59. The highest BCUT2D eigenvalue weighted by Gasteiger charge is 2.57. The monoisotopic (exact) mass is 429 g/mol. The van der Waals surface area contributed by atoms with Crippen molar-refractivity contribution in [1.29, 1.82) is 0 Å². The third kappa shape index (κ3) is 4.12. The predicted molar refractivity (Wildman–Crippen MR) is 112 cm³/mol. The van der Waals surface area contributed by atoms with Crippen molar-refractivity contribution < 1.29 is 23.1 Å². The van der Waals surface area contributed by atoms with Gasteiger partial charge in [-0.05, 0) is 56.2 Å². The van der Waals surface area contributed by atoms with E-state index in [-0.39, 0.29) is 31.2 Å². The molecule has 2 heterocycles. The van der Waals surface area contributed by atoms with Gasteiger partial charge in [0.1, 0.15) is 17.1 Å². The molecule has 0 bridgehead atoms. The number of rotatable bonds is 5. The smallest absolute Gasteiger partial charge is 0.329 e. The van der Waals surface area contributed by atoms with Crippen molar-refractivity contribution in [2.24, 2.45) is 0 Å². The quantitative estimate of drug-likeness (QED) is 0.577. The van der Waals surface area contributed by atoms with Crippen LogP contribution in [0.4, 0.5) is 19.3 Å². The summed E-state index contributed by atoms with van der Waals surface area (Å²) in [6, 6.07) is 12.3. The molecule has 31 heavy (non-hydrogen) atoms. The average molecular weight is 429 g/mol. The Kier molecular flexibility index (Phi) is 5.66. The van der Waals surface area contributed by atoms with Crippen LogP contribution in [0.15, 0.2) is 48.5 Å². The van der Waals surface area contributed by atoms with E-state index in [9.17, 15) is 14.0 Å². The summed E-state index contributed by atoms with van der Waals surface area (Å²) in [7, 11) is 0. The van der Waals surface area contributed by atoms with Gasteiger partial charge in [-0.2, -0.15) is 0 Å². The zero-order valence-corrected chi connectivity index (χ0v) is 17.5. The first-order chi connectivity index (χ1) is 14.8. The maximum absolute atomic E-state index is 15.3. The highest BCUT2D eigenvalue weighted by molar-refractivity contribution is 6.17. The SMILES string of the molecule is CC(C)Oc1cccc(CN2CC[C@@]3(C[C@@H]2F)C(=O)NC(=O)N3c2cccc(F)c2)c1. The summed E-state index contributed by atoms with van der Waals surface area (Å²) in [6.07, 6.45) is -1.37. The normalized spacial score (nSPS) is 24.2. The maximum atomic E-state index is 15.3. The summed E-state index contributed by atoms with van der Waals surface area (Å²) < 4.78 is 34.8. The second-order valence-electron chi connectivity index (χ2n) is 8.28. The molecule has 0 aromatic heterocycles. The highest BCUT2D eigenvalue weighted by Crippen LogP contribution is 2.40. The Balaban J connectivity index is 1.53. The van der Waals surface area contributed by atoms with E-state index in [0.717, 1.165) is 11.3 Å². The zero-order valence-electron chi connectivity index (χ0n) is 17.5. The minimum atomic E-state index is -1.45. The van der Waals surface area contributed by atoms with Gasteiger partial charge in [0.15, 0.2) is 6.30 Å². The second-order valence-corrected chi connectivity index (χ2v) is 8.28. The molecule has 164 valence electrons. The Morgan fingerprint density at radius 1 is 1.19 bits per heavy atom. The number of likely N-dealkylation sites (tertiary alicyclic amines) is 1. The minimum absolute atomic E-state index is 0.0336. The van der Waals surface area contributed by atoms with Gasteiger partial charge >= 0.3 is 6.03 Å². The first kappa shape index (κ1) is 21.2. The molecule has 4 rings (SSSR count). The molecule has 2 atom stereocenters. The van der Waals surface area contributed by atoms with Crippen LogP contribution in [0.5, 0.6) is 5.75 Å². The van der Waals surface area contributed by atoms with Crippen LogP contribution >= 0.6 is 0 Å². The number of carbonyl (C=O) groups is 2. The van der Waals surface area contributed by atoms with Crippen LogP contribution in [0, 0.1) is 5.82 Å². The summed E-state index contributed by atoms with van der Waals surface area (Å²) in [5.74, 6) is -0.358. The number of nitrogens with zero attached hydrogens (tertiary/aromatic N) is 2. The van der Waals surface area contributed by atoms with Crippen LogP contribution in [0.1, 0.15) is 32.3 Å². The molecule has 2 aliphatic heterocycles. The topological polar surface area (TPSA) is 61.9 Å². The molecule has 2 saturated heterocycles. The minimum Gasteiger partial charge on any atom is -0.491 e. The van der Waals surface area contributed by atoms with Gasteiger partial charge in [-0.15, -0.1) is 0 Å². The van der Waals surface area contributed by atoms with Gasteiger partial charge in [0.05, 0.1) is 6.10 Å². The molecule has 0 unspecified atom stereocenters. The fourth-order valence-electron chi connectivity index (χ4n) is 4.33. The second kappa shape index (κ2) is 8.26. The lowest BCUT2D eigenvalue weighted by molar-refractivity contribution is -0.127. The zero-order chi connectivity index (χ0) is 22.2. The number of urea groups is 1. The lowest BCUT2D eigenvalue weighted by atomic mass is 9.84. The van der Waals surface area contributed by atoms with Crippen LogP contribution in [0.25, 0.3) is 0 Å². The molecule has 2 aliphatic rings. The van der Waals surface area contributed by atoms with Gasteiger partial charge in [0.2, 0.25) is 0 Å². The van der Waals surface area contributed by atoms with Gasteiger partial charge in [0, 0.05) is 25.2 Å². The third-order valence-electron chi connectivity index (χ3n) is 5.71. The standard InChI is InChI=1S/C23H25F2N3O3/c1-15(2)31-19-8-3-5-16(11-19)14-27-10-9-23(13-20(27)25)21(29)26-22(30)28(23)18-7-4-6-17(24)12-18/h3-8,11-12,15,20H,9-10,13-14H2,1-2H3,(H,26,29,30)/t20-,23-/m1/s1. The molecule has 2 fully saturated rings. The number of hydrogen-bond donors (Lipinski definition) is 1. The van der Waals surface area contributed by atoms with Crippen molar-refractivity contribution in [2.75, 3.05) is 11.4 Å². The number of anilines is 1. The number of imide groups is 1. The van der Waals surface area contributed by atoms with Crippen molar-refractivity contribution in [2.45, 2.75) is 51.2 Å². The van der Waals surface area contributed by atoms with E-state index in [0.29, 0.717) is 6.54 Å². The Morgan fingerprint density at radius 3 is 2.68 bits per heavy atom. The summed E-state index contributed by atoms with van der Waals surface area (Å²) in [5.41, 5.74) is -0.239. The van der Waals surface area contributed by atoms with Crippen LogP contribution in [0.3, 0.4) is 0 Å². The number of ether oxygens (including phenoxy) is 1. The van der Waals surface area contributed by atoms with Crippen molar-refractivity contribution in [3.8, 4) is 5.75 Å². The molecular weight excluding hydrogens is 404 g/mol. The van der Waals surface area contributed by atoms with E-state index < -0.39 is 29.6 Å². The van der Waals surface area contributed by atoms with Gasteiger partial charge in [-0.25, -0.2) is 13.6 Å². The number of amides is 3. The van der Waals surface area contributed by atoms with Crippen molar-refractivity contribution >= 4 is 17.6 Å². The molecule has 0 aliphatic carbocycles. The Bertz CT molecular complexity index is 1000. The number of benzene rings is 2. The third-order valence-corrected chi connectivity index (χ3v) is 5.71. The van der Waals surface area contributed by atoms with Crippen LogP contribution in [0.2, 0.25) is 0 Å². The Morgan fingerprint density at radius 2 is 1.97 bits per heavy atom. The molecule has 1 N–H and O–H groups in total. The van der Waals surface area contributed by atoms with E-state index in [4.69, 9.17) is 4.74 Å². The van der Waals surface area contributed by atoms with Crippen molar-refractivity contribution in [3.63, 3.8) is 0 Å². The van der Waals surface area contributed by atoms with Gasteiger partial charge in [-0.1, -0.05) is 18.2 Å².